The van der Waals surface area contributed by atoms with Crippen LogP contribution in [0.4, 0.5) is 11.8 Å². The van der Waals surface area contributed by atoms with Crippen molar-refractivity contribution in [2.24, 2.45) is 0 Å². The fourth-order valence-corrected chi connectivity index (χ4v) is 2.26. The van der Waals surface area contributed by atoms with Gasteiger partial charge in [-0.3, -0.25) is 0 Å². The maximum absolute atomic E-state index is 5.57. The first-order valence-electron chi connectivity index (χ1n) is 7.23. The van der Waals surface area contributed by atoms with Gasteiger partial charge >= 0.3 is 0 Å². The lowest BCUT2D eigenvalue weighted by molar-refractivity contribution is 0.120. The summed E-state index contributed by atoms with van der Waals surface area (Å²) in [6.45, 7) is 2.30. The van der Waals surface area contributed by atoms with Crippen molar-refractivity contribution in [2.75, 3.05) is 23.8 Å². The highest BCUT2D eigenvalue weighted by Gasteiger charge is 2.15. The summed E-state index contributed by atoms with van der Waals surface area (Å²) in [6.07, 6.45) is 4.15. The van der Waals surface area contributed by atoms with Gasteiger partial charge in [0.05, 0.1) is 12.3 Å². The minimum atomic E-state index is 0.278. The van der Waals surface area contributed by atoms with Gasteiger partial charge in [0.15, 0.2) is 5.82 Å². The molecule has 1 atom stereocenters. The third kappa shape index (κ3) is 4.13. The zero-order valence-electron chi connectivity index (χ0n) is 11.8. The highest BCUT2D eigenvalue weighted by molar-refractivity contribution is 5.37. The maximum Gasteiger partial charge on any atom is 0.244 e. The van der Waals surface area contributed by atoms with Crippen LogP contribution in [0, 0.1) is 0 Å². The molecule has 1 aromatic heterocycles. The normalized spacial score (nSPS) is 17.6. The fraction of sp³-hybridized carbons (Fsp3) is 0.400. The zero-order valence-corrected chi connectivity index (χ0v) is 11.8. The van der Waals surface area contributed by atoms with E-state index < -0.39 is 0 Å². The summed E-state index contributed by atoms with van der Waals surface area (Å²) in [6, 6.07) is 10.1. The number of rotatable bonds is 6. The van der Waals surface area contributed by atoms with Crippen LogP contribution < -0.4 is 10.6 Å². The molecule has 3 rings (SSSR count). The van der Waals surface area contributed by atoms with E-state index >= 15 is 0 Å². The van der Waals surface area contributed by atoms with E-state index in [9.17, 15) is 0 Å². The van der Waals surface area contributed by atoms with E-state index in [1.165, 1.54) is 5.56 Å². The van der Waals surface area contributed by atoms with Gasteiger partial charge in [0.2, 0.25) is 5.95 Å². The van der Waals surface area contributed by atoms with Crippen LogP contribution in [0.15, 0.2) is 36.5 Å². The Labute approximate surface area is 124 Å². The molecule has 1 fully saturated rings. The van der Waals surface area contributed by atoms with Crippen molar-refractivity contribution in [3.63, 3.8) is 0 Å². The first-order valence-corrected chi connectivity index (χ1v) is 7.23. The molecule has 0 aliphatic carbocycles. The molecule has 21 heavy (non-hydrogen) atoms. The Hall–Kier alpha value is -2.21. The van der Waals surface area contributed by atoms with Gasteiger partial charge in [-0.2, -0.15) is 10.1 Å². The van der Waals surface area contributed by atoms with Crippen LogP contribution in [0.2, 0.25) is 0 Å². The highest BCUT2D eigenvalue weighted by atomic mass is 16.5. The number of hydrogen-bond acceptors (Lipinski definition) is 6. The molecule has 1 aliphatic rings. The summed E-state index contributed by atoms with van der Waals surface area (Å²) in [5, 5.41) is 14.4. The Bertz CT molecular complexity index is 557. The highest BCUT2D eigenvalue weighted by Crippen LogP contribution is 2.13. The summed E-state index contributed by atoms with van der Waals surface area (Å²) in [5.41, 5.74) is 1.18. The van der Waals surface area contributed by atoms with E-state index in [1.807, 2.05) is 18.2 Å². The van der Waals surface area contributed by atoms with Crippen LogP contribution in [-0.4, -0.2) is 34.4 Å². The van der Waals surface area contributed by atoms with Crippen LogP contribution in [0.5, 0.6) is 0 Å². The molecule has 2 N–H and O–H groups in total. The number of aromatic nitrogens is 3. The SMILES string of the molecule is c1ccc(CNc2nncc(NCC3CCCO3)n2)cc1. The second kappa shape index (κ2) is 6.99. The van der Waals surface area contributed by atoms with Crippen molar-refractivity contribution < 1.29 is 4.74 Å². The van der Waals surface area contributed by atoms with Crippen molar-refractivity contribution in [3.8, 4) is 0 Å². The van der Waals surface area contributed by atoms with E-state index in [1.54, 1.807) is 6.20 Å². The molecule has 1 unspecified atom stereocenters. The standard InChI is InChI=1S/C15H19N5O/c1-2-5-12(6-3-1)9-17-15-19-14(11-18-20-15)16-10-13-7-4-8-21-13/h1-3,5-6,11,13H,4,7-10H2,(H2,16,17,19,20). The first kappa shape index (κ1) is 13.8. The van der Waals surface area contributed by atoms with Crippen LogP contribution in [0.1, 0.15) is 18.4 Å². The van der Waals surface area contributed by atoms with E-state index in [4.69, 9.17) is 4.74 Å². The molecule has 0 radical (unpaired) electrons. The molecular formula is C15H19N5O. The lowest BCUT2D eigenvalue weighted by atomic mass is 10.2. The minimum absolute atomic E-state index is 0.278. The number of hydrogen-bond donors (Lipinski definition) is 2. The second-order valence-electron chi connectivity index (χ2n) is 5.02. The number of nitrogens with zero attached hydrogens (tertiary/aromatic N) is 3. The Morgan fingerprint density at radius 2 is 2.10 bits per heavy atom. The quantitative estimate of drug-likeness (QED) is 0.846. The minimum Gasteiger partial charge on any atom is -0.376 e. The Kier molecular flexibility index (Phi) is 4.58. The van der Waals surface area contributed by atoms with Gasteiger partial charge in [0, 0.05) is 19.7 Å². The summed E-state index contributed by atoms with van der Waals surface area (Å²) >= 11 is 0. The van der Waals surface area contributed by atoms with Crippen molar-refractivity contribution in [1.82, 2.24) is 15.2 Å². The number of benzene rings is 1. The molecule has 0 spiro atoms. The van der Waals surface area contributed by atoms with Crippen molar-refractivity contribution in [1.29, 1.82) is 0 Å². The number of nitrogens with one attached hydrogen (secondary N) is 2. The molecule has 1 aliphatic heterocycles. The lowest BCUT2D eigenvalue weighted by Gasteiger charge is -2.11. The van der Waals surface area contributed by atoms with Gasteiger partial charge in [0.25, 0.3) is 0 Å². The van der Waals surface area contributed by atoms with Crippen LogP contribution in [0.25, 0.3) is 0 Å². The van der Waals surface area contributed by atoms with Gasteiger partial charge < -0.3 is 15.4 Å². The molecule has 6 heteroatoms. The van der Waals surface area contributed by atoms with Crippen molar-refractivity contribution in [3.05, 3.63) is 42.1 Å². The van der Waals surface area contributed by atoms with Gasteiger partial charge in [0.1, 0.15) is 0 Å². The number of ether oxygens (including phenoxy) is 1. The average Bonchev–Trinajstić information content (AvgIpc) is 3.06. The topological polar surface area (TPSA) is 72.0 Å². The molecule has 0 saturated carbocycles. The predicted molar refractivity (Wildman–Crippen MR) is 81.1 cm³/mol. The van der Waals surface area contributed by atoms with Crippen LogP contribution >= 0.6 is 0 Å². The van der Waals surface area contributed by atoms with E-state index in [0.29, 0.717) is 12.5 Å². The molecule has 2 heterocycles. The van der Waals surface area contributed by atoms with E-state index in [-0.39, 0.29) is 6.10 Å². The van der Waals surface area contributed by atoms with Crippen LogP contribution in [0.3, 0.4) is 0 Å². The molecular weight excluding hydrogens is 266 g/mol. The zero-order chi connectivity index (χ0) is 14.3. The maximum atomic E-state index is 5.57. The third-order valence-corrected chi connectivity index (χ3v) is 3.39. The Morgan fingerprint density at radius 1 is 1.19 bits per heavy atom. The van der Waals surface area contributed by atoms with Crippen LogP contribution in [-0.2, 0) is 11.3 Å². The Balaban J connectivity index is 1.52. The van der Waals surface area contributed by atoms with E-state index in [0.717, 1.165) is 31.8 Å². The molecule has 0 bridgehead atoms. The first-order chi connectivity index (χ1) is 10.4. The molecule has 0 amide bonds. The average molecular weight is 285 g/mol. The summed E-state index contributed by atoms with van der Waals surface area (Å²) in [7, 11) is 0. The fourth-order valence-electron chi connectivity index (χ4n) is 2.26. The molecule has 1 saturated heterocycles. The van der Waals surface area contributed by atoms with Crippen molar-refractivity contribution in [2.45, 2.75) is 25.5 Å². The monoisotopic (exact) mass is 285 g/mol. The van der Waals surface area contributed by atoms with Gasteiger partial charge in [-0.1, -0.05) is 30.3 Å². The largest absolute Gasteiger partial charge is 0.376 e. The number of anilines is 2. The molecule has 2 aromatic rings. The van der Waals surface area contributed by atoms with E-state index in [2.05, 4.69) is 37.9 Å². The lowest BCUT2D eigenvalue weighted by Crippen LogP contribution is -2.19. The second-order valence-corrected chi connectivity index (χ2v) is 5.02. The Morgan fingerprint density at radius 3 is 2.90 bits per heavy atom. The molecule has 1 aromatic carbocycles. The summed E-state index contributed by atoms with van der Waals surface area (Å²) < 4.78 is 5.57. The molecule has 110 valence electrons. The molecule has 6 nitrogen and oxygen atoms in total. The smallest absolute Gasteiger partial charge is 0.244 e. The predicted octanol–water partition coefficient (Wildman–Crippen LogP) is 2.07. The summed E-state index contributed by atoms with van der Waals surface area (Å²) in [4.78, 5) is 4.40. The van der Waals surface area contributed by atoms with Crippen molar-refractivity contribution >= 4 is 11.8 Å². The van der Waals surface area contributed by atoms with Gasteiger partial charge in [-0.05, 0) is 18.4 Å². The summed E-state index contributed by atoms with van der Waals surface area (Å²) in [5.74, 6) is 1.24. The van der Waals surface area contributed by atoms with Gasteiger partial charge in [-0.25, -0.2) is 0 Å². The van der Waals surface area contributed by atoms with Gasteiger partial charge in [-0.15, -0.1) is 5.10 Å². The third-order valence-electron chi connectivity index (χ3n) is 3.39.